The van der Waals surface area contributed by atoms with Crippen LogP contribution in [-0.2, 0) is 6.42 Å². The summed E-state index contributed by atoms with van der Waals surface area (Å²) in [4.78, 5) is 0. The molecular formula is C18H29NS2. The van der Waals surface area contributed by atoms with Crippen LogP contribution in [0.4, 0.5) is 0 Å². The molecule has 0 spiro atoms. The summed E-state index contributed by atoms with van der Waals surface area (Å²) in [5.41, 5.74) is 5.87. The van der Waals surface area contributed by atoms with E-state index in [-0.39, 0.29) is 0 Å². The van der Waals surface area contributed by atoms with Gasteiger partial charge in [-0.3, -0.25) is 0 Å². The highest BCUT2D eigenvalue weighted by Crippen LogP contribution is 2.29. The summed E-state index contributed by atoms with van der Waals surface area (Å²) in [6.45, 7) is 10.1. The third kappa shape index (κ3) is 4.94. The second-order valence-corrected chi connectivity index (χ2v) is 8.62. The van der Waals surface area contributed by atoms with E-state index in [9.17, 15) is 0 Å². The maximum Gasteiger partial charge on any atom is 0.0295 e. The molecule has 2 unspecified atom stereocenters. The highest BCUT2D eigenvalue weighted by Gasteiger charge is 2.25. The molecule has 0 saturated carbocycles. The minimum Gasteiger partial charge on any atom is -0.313 e. The second-order valence-electron chi connectivity index (χ2n) is 6.13. The van der Waals surface area contributed by atoms with Crippen LogP contribution in [0.5, 0.6) is 0 Å². The zero-order valence-corrected chi connectivity index (χ0v) is 15.5. The molecule has 0 aliphatic carbocycles. The predicted octanol–water partition coefficient (Wildman–Crippen LogP) is 4.37. The second kappa shape index (κ2) is 8.50. The van der Waals surface area contributed by atoms with Gasteiger partial charge in [0.1, 0.15) is 0 Å². The van der Waals surface area contributed by atoms with Gasteiger partial charge in [0.2, 0.25) is 0 Å². The molecule has 1 aromatic carbocycles. The standard InChI is InChI=1S/C18H29NS2/c1-5-6-19-17(18-12-20-7-8-21-18)11-16-14(3)9-13(2)10-15(16)4/h9-10,17-19H,5-8,11-12H2,1-4H3. The molecule has 1 aliphatic heterocycles. The van der Waals surface area contributed by atoms with Crippen molar-refractivity contribution >= 4 is 23.5 Å². The van der Waals surface area contributed by atoms with Crippen LogP contribution >= 0.6 is 23.5 Å². The smallest absolute Gasteiger partial charge is 0.0295 e. The molecule has 2 rings (SSSR count). The van der Waals surface area contributed by atoms with Crippen LogP contribution in [0.15, 0.2) is 12.1 Å². The van der Waals surface area contributed by atoms with E-state index in [1.165, 1.54) is 46.8 Å². The van der Waals surface area contributed by atoms with Crippen LogP contribution in [0.3, 0.4) is 0 Å². The first-order chi connectivity index (χ1) is 10.1. The maximum absolute atomic E-state index is 3.82. The zero-order valence-electron chi connectivity index (χ0n) is 13.9. The lowest BCUT2D eigenvalue weighted by molar-refractivity contribution is 0.504. The molecule has 1 saturated heterocycles. The van der Waals surface area contributed by atoms with E-state index >= 15 is 0 Å². The SMILES string of the molecule is CCCNC(Cc1c(C)cc(C)cc1C)C1CSCCS1. The van der Waals surface area contributed by atoms with E-state index in [1.807, 2.05) is 0 Å². The molecule has 0 amide bonds. The Kier molecular flexibility index (Phi) is 6.97. The Morgan fingerprint density at radius 2 is 1.90 bits per heavy atom. The average molecular weight is 324 g/mol. The predicted molar refractivity (Wildman–Crippen MR) is 100 cm³/mol. The summed E-state index contributed by atoms with van der Waals surface area (Å²) in [7, 11) is 0. The van der Waals surface area contributed by atoms with Gasteiger partial charge in [-0.1, -0.05) is 24.6 Å². The molecular weight excluding hydrogens is 294 g/mol. The van der Waals surface area contributed by atoms with E-state index in [0.717, 1.165) is 11.8 Å². The fourth-order valence-corrected chi connectivity index (χ4v) is 6.04. The lowest BCUT2D eigenvalue weighted by Gasteiger charge is -2.31. The molecule has 1 heterocycles. The van der Waals surface area contributed by atoms with Crippen LogP contribution in [-0.4, -0.2) is 35.1 Å². The quantitative estimate of drug-likeness (QED) is 0.835. The van der Waals surface area contributed by atoms with Gasteiger partial charge in [0.15, 0.2) is 0 Å². The summed E-state index contributed by atoms with van der Waals surface area (Å²) >= 11 is 4.30. The Balaban J connectivity index is 2.13. The average Bonchev–Trinajstić information content (AvgIpc) is 2.46. The topological polar surface area (TPSA) is 12.0 Å². The third-order valence-corrected chi connectivity index (χ3v) is 7.13. The lowest BCUT2D eigenvalue weighted by Crippen LogP contribution is -2.43. The number of rotatable bonds is 6. The van der Waals surface area contributed by atoms with Crippen molar-refractivity contribution in [2.24, 2.45) is 0 Å². The first-order valence-electron chi connectivity index (χ1n) is 8.11. The fraction of sp³-hybridized carbons (Fsp3) is 0.667. The first kappa shape index (κ1) is 17.2. The zero-order chi connectivity index (χ0) is 15.2. The maximum atomic E-state index is 3.82. The Morgan fingerprint density at radius 3 is 2.48 bits per heavy atom. The highest BCUT2D eigenvalue weighted by molar-refractivity contribution is 8.06. The molecule has 2 atom stereocenters. The summed E-state index contributed by atoms with van der Waals surface area (Å²) in [5, 5.41) is 4.58. The molecule has 118 valence electrons. The van der Waals surface area contributed by atoms with Crippen LogP contribution in [0, 0.1) is 20.8 Å². The molecule has 1 fully saturated rings. The Bertz CT molecular complexity index is 430. The van der Waals surface area contributed by atoms with Gasteiger partial charge in [-0.2, -0.15) is 23.5 Å². The molecule has 0 aromatic heterocycles. The van der Waals surface area contributed by atoms with Crippen molar-refractivity contribution in [3.8, 4) is 0 Å². The van der Waals surface area contributed by atoms with E-state index in [0.29, 0.717) is 6.04 Å². The lowest BCUT2D eigenvalue weighted by atomic mass is 9.93. The monoisotopic (exact) mass is 323 g/mol. The highest BCUT2D eigenvalue weighted by atomic mass is 32.2. The Hall–Kier alpha value is -0.120. The van der Waals surface area contributed by atoms with Crippen molar-refractivity contribution in [3.63, 3.8) is 0 Å². The Labute approximate surface area is 139 Å². The number of benzene rings is 1. The number of nitrogens with one attached hydrogen (secondary N) is 1. The number of thioether (sulfide) groups is 2. The van der Waals surface area contributed by atoms with Gasteiger partial charge in [-0.25, -0.2) is 0 Å². The van der Waals surface area contributed by atoms with Gasteiger partial charge >= 0.3 is 0 Å². The van der Waals surface area contributed by atoms with Crippen molar-refractivity contribution in [1.29, 1.82) is 0 Å². The van der Waals surface area contributed by atoms with E-state index in [2.05, 4.69) is 68.7 Å². The van der Waals surface area contributed by atoms with Gasteiger partial charge in [0.05, 0.1) is 0 Å². The molecule has 0 bridgehead atoms. The number of hydrogen-bond acceptors (Lipinski definition) is 3. The van der Waals surface area contributed by atoms with Gasteiger partial charge in [0, 0.05) is 28.6 Å². The Morgan fingerprint density at radius 1 is 1.19 bits per heavy atom. The minimum atomic E-state index is 0.614. The molecule has 3 heteroatoms. The first-order valence-corrected chi connectivity index (χ1v) is 10.3. The largest absolute Gasteiger partial charge is 0.313 e. The van der Waals surface area contributed by atoms with Crippen LogP contribution in [0.2, 0.25) is 0 Å². The third-order valence-electron chi connectivity index (χ3n) is 4.21. The van der Waals surface area contributed by atoms with Crippen molar-refractivity contribution in [1.82, 2.24) is 5.32 Å². The summed E-state index contributed by atoms with van der Waals surface area (Å²) < 4.78 is 0. The number of hydrogen-bond donors (Lipinski definition) is 1. The normalized spacial score (nSPS) is 20.5. The van der Waals surface area contributed by atoms with Gasteiger partial charge in [0.25, 0.3) is 0 Å². The van der Waals surface area contributed by atoms with Crippen molar-refractivity contribution < 1.29 is 0 Å². The molecule has 1 nitrogen and oxygen atoms in total. The fourth-order valence-electron chi connectivity index (χ4n) is 3.15. The van der Waals surface area contributed by atoms with Gasteiger partial charge < -0.3 is 5.32 Å². The molecule has 1 N–H and O–H groups in total. The van der Waals surface area contributed by atoms with Crippen LogP contribution < -0.4 is 5.32 Å². The van der Waals surface area contributed by atoms with Gasteiger partial charge in [-0.15, -0.1) is 0 Å². The molecule has 1 aliphatic rings. The van der Waals surface area contributed by atoms with E-state index in [4.69, 9.17) is 0 Å². The van der Waals surface area contributed by atoms with E-state index in [1.54, 1.807) is 5.56 Å². The van der Waals surface area contributed by atoms with E-state index < -0.39 is 0 Å². The number of aryl methyl sites for hydroxylation is 3. The molecule has 0 radical (unpaired) electrons. The minimum absolute atomic E-state index is 0.614. The van der Waals surface area contributed by atoms with Crippen molar-refractivity contribution in [2.75, 3.05) is 23.8 Å². The van der Waals surface area contributed by atoms with Gasteiger partial charge in [-0.05, 0) is 56.8 Å². The van der Waals surface area contributed by atoms with Crippen molar-refractivity contribution in [2.45, 2.75) is 51.8 Å². The van der Waals surface area contributed by atoms with Crippen LogP contribution in [0.1, 0.15) is 35.6 Å². The molecule has 21 heavy (non-hydrogen) atoms. The molecule has 1 aromatic rings. The summed E-state index contributed by atoms with van der Waals surface area (Å²) in [6.07, 6.45) is 2.39. The van der Waals surface area contributed by atoms with Crippen LogP contribution in [0.25, 0.3) is 0 Å². The van der Waals surface area contributed by atoms with Crippen molar-refractivity contribution in [3.05, 3.63) is 34.4 Å². The summed E-state index contributed by atoms with van der Waals surface area (Å²) in [5.74, 6) is 3.94. The summed E-state index contributed by atoms with van der Waals surface area (Å²) in [6, 6.07) is 5.28.